The summed E-state index contributed by atoms with van der Waals surface area (Å²) in [5.41, 5.74) is 0.949. The van der Waals surface area contributed by atoms with Gasteiger partial charge < -0.3 is 9.47 Å². The zero-order valence-corrected chi connectivity index (χ0v) is 10.6. The Bertz CT molecular complexity index is 591. The first-order chi connectivity index (χ1) is 9.17. The number of hydrogen-bond donors (Lipinski definition) is 0. The van der Waals surface area contributed by atoms with Gasteiger partial charge in [0, 0.05) is 5.56 Å². The van der Waals surface area contributed by atoms with Crippen LogP contribution in [0.15, 0.2) is 42.5 Å². The van der Waals surface area contributed by atoms with E-state index in [0.717, 1.165) is 0 Å². The molecule has 0 fully saturated rings. The third kappa shape index (κ3) is 2.57. The number of rotatable bonds is 3. The zero-order chi connectivity index (χ0) is 13.8. The summed E-state index contributed by atoms with van der Waals surface area (Å²) in [6.07, 6.45) is 0. The molecule has 0 radical (unpaired) electrons. The van der Waals surface area contributed by atoms with Crippen LogP contribution in [0.2, 0.25) is 0 Å². The third-order valence-corrected chi connectivity index (χ3v) is 2.81. The van der Waals surface area contributed by atoms with Crippen molar-refractivity contribution in [3.63, 3.8) is 0 Å². The summed E-state index contributed by atoms with van der Waals surface area (Å²) in [6, 6.07) is 11.6. The molecule has 3 nitrogen and oxygen atoms in total. The van der Waals surface area contributed by atoms with Crippen molar-refractivity contribution in [1.82, 2.24) is 0 Å². The first-order valence-corrected chi connectivity index (χ1v) is 5.68. The van der Waals surface area contributed by atoms with E-state index in [2.05, 4.69) is 4.74 Å². The number of halogens is 1. The molecule has 0 saturated heterocycles. The average molecular weight is 260 g/mol. The van der Waals surface area contributed by atoms with E-state index in [0.29, 0.717) is 16.9 Å². The Balaban J connectivity index is 2.47. The maximum atomic E-state index is 14.2. The maximum Gasteiger partial charge on any atom is 0.340 e. The Kier molecular flexibility index (Phi) is 3.80. The fourth-order valence-corrected chi connectivity index (χ4v) is 1.79. The van der Waals surface area contributed by atoms with Gasteiger partial charge in [-0.1, -0.05) is 24.3 Å². The molecule has 0 aromatic heterocycles. The van der Waals surface area contributed by atoms with Crippen LogP contribution >= 0.6 is 0 Å². The third-order valence-electron chi connectivity index (χ3n) is 2.81. The van der Waals surface area contributed by atoms with Crippen LogP contribution in [0, 0.1) is 5.82 Å². The molecule has 98 valence electrons. The Labute approximate surface area is 110 Å². The summed E-state index contributed by atoms with van der Waals surface area (Å²) < 4.78 is 23.8. The maximum absolute atomic E-state index is 14.2. The van der Waals surface area contributed by atoms with Gasteiger partial charge in [-0.25, -0.2) is 9.18 Å². The lowest BCUT2D eigenvalue weighted by molar-refractivity contribution is 0.0595. The number of methoxy groups -OCH3 is 2. The summed E-state index contributed by atoms with van der Waals surface area (Å²) in [7, 11) is 2.79. The molecule has 2 aromatic rings. The summed E-state index contributed by atoms with van der Waals surface area (Å²) >= 11 is 0. The lowest BCUT2D eigenvalue weighted by Gasteiger charge is -2.08. The molecule has 0 spiro atoms. The predicted octanol–water partition coefficient (Wildman–Crippen LogP) is 3.29. The highest BCUT2D eigenvalue weighted by atomic mass is 19.1. The SMILES string of the molecule is COC(=O)c1cccc(-c2ccc(OC)cc2)c1F. The second kappa shape index (κ2) is 5.52. The molecule has 0 atom stereocenters. The molecule has 0 unspecified atom stereocenters. The van der Waals surface area contributed by atoms with Crippen molar-refractivity contribution >= 4 is 5.97 Å². The van der Waals surface area contributed by atoms with E-state index in [1.165, 1.54) is 13.2 Å². The molecule has 0 amide bonds. The summed E-state index contributed by atoms with van der Waals surface area (Å²) in [6.45, 7) is 0. The van der Waals surface area contributed by atoms with Crippen molar-refractivity contribution in [2.75, 3.05) is 14.2 Å². The van der Waals surface area contributed by atoms with Crippen LogP contribution in [0.4, 0.5) is 4.39 Å². The van der Waals surface area contributed by atoms with Gasteiger partial charge in [-0.05, 0) is 23.8 Å². The van der Waals surface area contributed by atoms with E-state index in [9.17, 15) is 9.18 Å². The van der Waals surface area contributed by atoms with Gasteiger partial charge in [0.1, 0.15) is 11.6 Å². The van der Waals surface area contributed by atoms with Gasteiger partial charge in [0.05, 0.1) is 19.8 Å². The van der Waals surface area contributed by atoms with Crippen LogP contribution in [0.3, 0.4) is 0 Å². The Morgan fingerprint density at radius 2 is 1.74 bits per heavy atom. The van der Waals surface area contributed by atoms with Crippen LogP contribution in [-0.2, 0) is 4.74 Å². The standard InChI is InChI=1S/C15H13FO3/c1-18-11-8-6-10(7-9-11)12-4-3-5-13(14(12)16)15(17)19-2/h3-9H,1-2H3. The zero-order valence-electron chi connectivity index (χ0n) is 10.6. The molecule has 0 bridgehead atoms. The number of ether oxygens (including phenoxy) is 2. The molecule has 0 saturated carbocycles. The van der Waals surface area contributed by atoms with Crippen LogP contribution < -0.4 is 4.74 Å². The Morgan fingerprint density at radius 1 is 1.05 bits per heavy atom. The van der Waals surface area contributed by atoms with Gasteiger partial charge >= 0.3 is 5.97 Å². The van der Waals surface area contributed by atoms with Crippen LogP contribution in [0.5, 0.6) is 5.75 Å². The minimum Gasteiger partial charge on any atom is -0.497 e. The van der Waals surface area contributed by atoms with Gasteiger partial charge in [0.25, 0.3) is 0 Å². The van der Waals surface area contributed by atoms with Crippen molar-refractivity contribution in [3.8, 4) is 16.9 Å². The number of carbonyl (C=O) groups excluding carboxylic acids is 1. The smallest absolute Gasteiger partial charge is 0.340 e. The Morgan fingerprint density at radius 3 is 2.32 bits per heavy atom. The minimum atomic E-state index is -0.687. The van der Waals surface area contributed by atoms with E-state index < -0.39 is 11.8 Å². The lowest BCUT2D eigenvalue weighted by Crippen LogP contribution is -2.05. The van der Waals surface area contributed by atoms with Gasteiger partial charge in [0.2, 0.25) is 0 Å². The van der Waals surface area contributed by atoms with Crippen LogP contribution in [0.1, 0.15) is 10.4 Å². The number of carbonyl (C=O) groups is 1. The van der Waals surface area contributed by atoms with Crippen molar-refractivity contribution < 1.29 is 18.7 Å². The summed E-state index contributed by atoms with van der Waals surface area (Å²) in [4.78, 5) is 11.4. The van der Waals surface area contributed by atoms with E-state index in [4.69, 9.17) is 4.74 Å². The first-order valence-electron chi connectivity index (χ1n) is 5.68. The van der Waals surface area contributed by atoms with Gasteiger partial charge in [-0.2, -0.15) is 0 Å². The molecule has 19 heavy (non-hydrogen) atoms. The normalized spacial score (nSPS) is 10.1. The highest BCUT2D eigenvalue weighted by Crippen LogP contribution is 2.27. The second-order valence-electron chi connectivity index (χ2n) is 3.89. The molecule has 0 aliphatic heterocycles. The quantitative estimate of drug-likeness (QED) is 0.794. The predicted molar refractivity (Wildman–Crippen MR) is 69.7 cm³/mol. The first kappa shape index (κ1) is 13.1. The molecular formula is C15H13FO3. The summed E-state index contributed by atoms with van der Waals surface area (Å²) in [5.74, 6) is -0.583. The Hall–Kier alpha value is -2.36. The van der Waals surface area contributed by atoms with E-state index in [-0.39, 0.29) is 5.56 Å². The van der Waals surface area contributed by atoms with E-state index >= 15 is 0 Å². The average Bonchev–Trinajstić information content (AvgIpc) is 2.47. The number of hydrogen-bond acceptors (Lipinski definition) is 3. The second-order valence-corrected chi connectivity index (χ2v) is 3.89. The van der Waals surface area contributed by atoms with E-state index in [1.807, 2.05) is 0 Å². The van der Waals surface area contributed by atoms with Crippen molar-refractivity contribution in [3.05, 3.63) is 53.8 Å². The van der Waals surface area contributed by atoms with Gasteiger partial charge in [-0.15, -0.1) is 0 Å². The molecule has 0 aliphatic carbocycles. The lowest BCUT2D eigenvalue weighted by atomic mass is 10.0. The fraction of sp³-hybridized carbons (Fsp3) is 0.133. The monoisotopic (exact) mass is 260 g/mol. The van der Waals surface area contributed by atoms with E-state index in [1.54, 1.807) is 43.5 Å². The summed E-state index contributed by atoms with van der Waals surface area (Å²) in [5, 5.41) is 0. The molecule has 0 aliphatic rings. The van der Waals surface area contributed by atoms with Gasteiger partial charge in [-0.3, -0.25) is 0 Å². The highest BCUT2D eigenvalue weighted by Gasteiger charge is 2.16. The molecule has 4 heteroatoms. The largest absolute Gasteiger partial charge is 0.497 e. The van der Waals surface area contributed by atoms with Crippen molar-refractivity contribution in [2.45, 2.75) is 0 Å². The van der Waals surface area contributed by atoms with Crippen molar-refractivity contribution in [2.24, 2.45) is 0 Å². The molecular weight excluding hydrogens is 247 g/mol. The van der Waals surface area contributed by atoms with Crippen LogP contribution in [-0.4, -0.2) is 20.2 Å². The molecule has 2 aromatic carbocycles. The topological polar surface area (TPSA) is 35.5 Å². The van der Waals surface area contributed by atoms with Crippen molar-refractivity contribution in [1.29, 1.82) is 0 Å². The molecule has 0 N–H and O–H groups in total. The highest BCUT2D eigenvalue weighted by molar-refractivity contribution is 5.91. The number of benzene rings is 2. The fourth-order valence-electron chi connectivity index (χ4n) is 1.79. The molecule has 2 rings (SSSR count). The van der Waals surface area contributed by atoms with Gasteiger partial charge in [0.15, 0.2) is 0 Å². The van der Waals surface area contributed by atoms with Crippen LogP contribution in [0.25, 0.3) is 11.1 Å². The minimum absolute atomic E-state index is 0.0733. The number of esters is 1. The molecule has 0 heterocycles.